The molecule has 0 amide bonds. The van der Waals surface area contributed by atoms with Gasteiger partial charge in [0.1, 0.15) is 0 Å². The Bertz CT molecular complexity index is 314. The molecule has 0 unspecified atom stereocenters. The van der Waals surface area contributed by atoms with E-state index in [0.717, 1.165) is 13.0 Å². The molecule has 1 aliphatic carbocycles. The van der Waals surface area contributed by atoms with Crippen LogP contribution in [0.15, 0.2) is 52.6 Å². The standard InChI is InChI=1S/C11H11N/c1-2-4-6-11-9-12-8-7-10(11)5-3-1/h1-6,9H,7-8H2/b2-1?,3-1-,4-2-,5-3?,6-4?,10-5?,11-6?. The molecule has 2 rings (SSSR count). The van der Waals surface area contributed by atoms with Gasteiger partial charge in [-0.05, 0) is 17.6 Å². The van der Waals surface area contributed by atoms with Gasteiger partial charge in [0.15, 0.2) is 0 Å². The molecule has 12 heavy (non-hydrogen) atoms. The van der Waals surface area contributed by atoms with Gasteiger partial charge in [-0.25, -0.2) is 0 Å². The molecule has 1 nitrogen and oxygen atoms in total. The molecule has 60 valence electrons. The second kappa shape index (κ2) is 3.35. The summed E-state index contributed by atoms with van der Waals surface area (Å²) < 4.78 is 0. The third-order valence-electron chi connectivity index (χ3n) is 2.02. The van der Waals surface area contributed by atoms with Crippen molar-refractivity contribution in [1.29, 1.82) is 0 Å². The number of rotatable bonds is 0. The smallest absolute Gasteiger partial charge is 0.0430 e. The van der Waals surface area contributed by atoms with Crippen LogP contribution in [0.5, 0.6) is 0 Å². The van der Waals surface area contributed by atoms with Crippen molar-refractivity contribution >= 4 is 6.21 Å². The van der Waals surface area contributed by atoms with Crippen molar-refractivity contribution in [3.63, 3.8) is 0 Å². The van der Waals surface area contributed by atoms with Crippen LogP contribution >= 0.6 is 0 Å². The molecule has 1 heteroatoms. The first-order valence-corrected chi connectivity index (χ1v) is 4.21. The summed E-state index contributed by atoms with van der Waals surface area (Å²) in [6.45, 7) is 0.931. The maximum atomic E-state index is 4.24. The van der Waals surface area contributed by atoms with Crippen LogP contribution in [-0.2, 0) is 0 Å². The highest BCUT2D eigenvalue weighted by Gasteiger charge is 2.05. The Hall–Kier alpha value is -1.37. The Morgan fingerprint density at radius 3 is 2.75 bits per heavy atom. The molecule has 0 fully saturated rings. The fourth-order valence-corrected chi connectivity index (χ4v) is 1.36. The predicted octanol–water partition coefficient (Wildman–Crippen LogP) is 2.44. The maximum absolute atomic E-state index is 4.24. The highest BCUT2D eigenvalue weighted by atomic mass is 14.7. The topological polar surface area (TPSA) is 12.4 Å². The van der Waals surface area contributed by atoms with Crippen molar-refractivity contribution in [2.75, 3.05) is 6.54 Å². The summed E-state index contributed by atoms with van der Waals surface area (Å²) in [7, 11) is 0. The van der Waals surface area contributed by atoms with Crippen LogP contribution in [0.2, 0.25) is 0 Å². The van der Waals surface area contributed by atoms with Crippen molar-refractivity contribution in [1.82, 2.24) is 0 Å². The molecule has 0 aromatic heterocycles. The minimum atomic E-state index is 0.931. The molecule has 0 bridgehead atoms. The third-order valence-corrected chi connectivity index (χ3v) is 2.02. The molecule has 0 radical (unpaired) electrons. The minimum absolute atomic E-state index is 0.931. The molecule has 2 aliphatic rings. The largest absolute Gasteiger partial charge is 0.292 e. The van der Waals surface area contributed by atoms with Crippen LogP contribution in [0.25, 0.3) is 0 Å². The lowest BCUT2D eigenvalue weighted by Gasteiger charge is -2.11. The van der Waals surface area contributed by atoms with Crippen LogP contribution in [0, 0.1) is 0 Å². The monoisotopic (exact) mass is 157 g/mol. The summed E-state index contributed by atoms with van der Waals surface area (Å²) in [5.74, 6) is 0. The van der Waals surface area contributed by atoms with Crippen LogP contribution in [0.3, 0.4) is 0 Å². The Kier molecular flexibility index (Phi) is 2.04. The molecular formula is C11H11N. The number of fused-ring (bicyclic) bond motifs is 1. The van der Waals surface area contributed by atoms with E-state index in [1.165, 1.54) is 11.1 Å². The zero-order valence-electron chi connectivity index (χ0n) is 6.90. The molecule has 0 spiro atoms. The van der Waals surface area contributed by atoms with Gasteiger partial charge >= 0.3 is 0 Å². The van der Waals surface area contributed by atoms with E-state index in [9.17, 15) is 0 Å². The number of aliphatic imine (C=N–C) groups is 1. The molecule has 0 atom stereocenters. The normalized spacial score (nSPS) is 26.0. The van der Waals surface area contributed by atoms with E-state index in [4.69, 9.17) is 0 Å². The van der Waals surface area contributed by atoms with Gasteiger partial charge in [-0.1, -0.05) is 36.5 Å². The number of hydrogen-bond donors (Lipinski definition) is 0. The summed E-state index contributed by atoms with van der Waals surface area (Å²) in [6, 6.07) is 0. The lowest BCUT2D eigenvalue weighted by atomic mass is 9.99. The van der Waals surface area contributed by atoms with Crippen LogP contribution < -0.4 is 0 Å². The Balaban J connectivity index is 2.39. The second-order valence-electron chi connectivity index (χ2n) is 2.87. The highest BCUT2D eigenvalue weighted by Crippen LogP contribution is 2.17. The average Bonchev–Trinajstić information content (AvgIpc) is 2.06. The fourth-order valence-electron chi connectivity index (χ4n) is 1.36. The minimum Gasteiger partial charge on any atom is -0.292 e. The summed E-state index contributed by atoms with van der Waals surface area (Å²) in [5.41, 5.74) is 2.65. The summed E-state index contributed by atoms with van der Waals surface area (Å²) in [5, 5.41) is 0. The third kappa shape index (κ3) is 1.45. The van der Waals surface area contributed by atoms with Crippen LogP contribution in [0.1, 0.15) is 6.42 Å². The molecule has 0 aromatic carbocycles. The highest BCUT2D eigenvalue weighted by molar-refractivity contribution is 5.86. The second-order valence-corrected chi connectivity index (χ2v) is 2.87. The van der Waals surface area contributed by atoms with Crippen LogP contribution in [0.4, 0.5) is 0 Å². The number of allylic oxidation sites excluding steroid dienone is 7. The van der Waals surface area contributed by atoms with E-state index in [1.54, 1.807) is 0 Å². The van der Waals surface area contributed by atoms with Gasteiger partial charge in [-0.15, -0.1) is 0 Å². The molecule has 0 saturated carbocycles. The first kappa shape index (κ1) is 7.29. The summed E-state index contributed by atoms with van der Waals surface area (Å²) in [6.07, 6.45) is 15.5. The Morgan fingerprint density at radius 1 is 1.00 bits per heavy atom. The van der Waals surface area contributed by atoms with Gasteiger partial charge in [0.05, 0.1) is 0 Å². The zero-order chi connectivity index (χ0) is 8.23. The van der Waals surface area contributed by atoms with Gasteiger partial charge in [0.25, 0.3) is 0 Å². The number of nitrogens with zero attached hydrogens (tertiary/aromatic N) is 1. The zero-order valence-corrected chi connectivity index (χ0v) is 6.90. The molecule has 1 heterocycles. The van der Waals surface area contributed by atoms with E-state index in [-0.39, 0.29) is 0 Å². The first-order chi connectivity index (χ1) is 5.97. The van der Waals surface area contributed by atoms with Crippen molar-refractivity contribution in [2.24, 2.45) is 4.99 Å². The van der Waals surface area contributed by atoms with Crippen molar-refractivity contribution in [2.45, 2.75) is 6.42 Å². The number of hydrogen-bond acceptors (Lipinski definition) is 1. The predicted molar refractivity (Wildman–Crippen MR) is 52.4 cm³/mol. The SMILES string of the molecule is C1=NCCC2=C/C=C\C=C/C=C12. The van der Waals surface area contributed by atoms with E-state index in [0.29, 0.717) is 0 Å². The Labute approximate surface area is 72.5 Å². The van der Waals surface area contributed by atoms with Gasteiger partial charge in [0.2, 0.25) is 0 Å². The van der Waals surface area contributed by atoms with Crippen molar-refractivity contribution in [3.8, 4) is 0 Å². The van der Waals surface area contributed by atoms with Gasteiger partial charge in [-0.3, -0.25) is 4.99 Å². The molecule has 0 N–H and O–H groups in total. The first-order valence-electron chi connectivity index (χ1n) is 4.21. The maximum Gasteiger partial charge on any atom is 0.0430 e. The molecule has 0 saturated heterocycles. The fraction of sp³-hybridized carbons (Fsp3) is 0.182. The van der Waals surface area contributed by atoms with Gasteiger partial charge < -0.3 is 0 Å². The van der Waals surface area contributed by atoms with E-state index in [1.807, 2.05) is 18.4 Å². The molecular weight excluding hydrogens is 146 g/mol. The Morgan fingerprint density at radius 2 is 1.83 bits per heavy atom. The molecule has 1 aliphatic heterocycles. The van der Waals surface area contributed by atoms with Crippen LogP contribution in [-0.4, -0.2) is 12.8 Å². The lowest BCUT2D eigenvalue weighted by Crippen LogP contribution is -2.01. The average molecular weight is 157 g/mol. The van der Waals surface area contributed by atoms with E-state index >= 15 is 0 Å². The van der Waals surface area contributed by atoms with Crippen molar-refractivity contribution < 1.29 is 0 Å². The molecule has 0 aromatic rings. The lowest BCUT2D eigenvalue weighted by molar-refractivity contribution is 0.950. The summed E-state index contributed by atoms with van der Waals surface area (Å²) in [4.78, 5) is 4.24. The van der Waals surface area contributed by atoms with Gasteiger partial charge in [-0.2, -0.15) is 0 Å². The quantitative estimate of drug-likeness (QED) is 0.512. The summed E-state index contributed by atoms with van der Waals surface area (Å²) >= 11 is 0. The van der Waals surface area contributed by atoms with Crippen molar-refractivity contribution in [3.05, 3.63) is 47.6 Å². The van der Waals surface area contributed by atoms with E-state index in [2.05, 4.69) is 29.3 Å². The van der Waals surface area contributed by atoms with Gasteiger partial charge in [0, 0.05) is 12.8 Å². The van der Waals surface area contributed by atoms with E-state index < -0.39 is 0 Å².